The summed E-state index contributed by atoms with van der Waals surface area (Å²) in [5.74, 6) is 1.06. The summed E-state index contributed by atoms with van der Waals surface area (Å²) in [6.07, 6.45) is 0.852. The van der Waals surface area contributed by atoms with Crippen LogP contribution in [-0.4, -0.2) is 15.6 Å². The fraction of sp³-hybridized carbons (Fsp3) is 0.300. The molecular weight excluding hydrogens is 198 g/mol. The maximum Gasteiger partial charge on any atom is 0.111 e. The molecule has 2 aromatic rings. The van der Waals surface area contributed by atoms with Gasteiger partial charge in [-0.15, -0.1) is 0 Å². The SMILES string of the molecule is NC1Cc2nc3c(Cl)cccc3n2C1. The van der Waals surface area contributed by atoms with Gasteiger partial charge in [-0.05, 0) is 12.1 Å². The highest BCUT2D eigenvalue weighted by molar-refractivity contribution is 6.34. The molecular formula is C10H10ClN3. The molecule has 4 heteroatoms. The van der Waals surface area contributed by atoms with E-state index in [0.717, 1.165) is 34.8 Å². The van der Waals surface area contributed by atoms with Crippen LogP contribution in [-0.2, 0) is 13.0 Å². The number of benzene rings is 1. The third-order valence-electron chi connectivity index (χ3n) is 2.67. The van der Waals surface area contributed by atoms with E-state index in [0.29, 0.717) is 0 Å². The Hall–Kier alpha value is -1.06. The fourth-order valence-corrected chi connectivity index (χ4v) is 2.27. The van der Waals surface area contributed by atoms with Crippen LogP contribution in [0.2, 0.25) is 5.02 Å². The number of nitrogens with zero attached hydrogens (tertiary/aromatic N) is 2. The van der Waals surface area contributed by atoms with Crippen LogP contribution in [0.15, 0.2) is 18.2 Å². The minimum atomic E-state index is 0.209. The van der Waals surface area contributed by atoms with Gasteiger partial charge in [-0.2, -0.15) is 0 Å². The lowest BCUT2D eigenvalue weighted by Crippen LogP contribution is -2.20. The summed E-state index contributed by atoms with van der Waals surface area (Å²) in [5.41, 5.74) is 7.86. The maximum atomic E-state index is 6.05. The van der Waals surface area contributed by atoms with E-state index in [-0.39, 0.29) is 6.04 Å². The molecule has 2 heterocycles. The molecule has 1 aromatic carbocycles. The molecule has 0 radical (unpaired) electrons. The van der Waals surface area contributed by atoms with Crippen molar-refractivity contribution in [2.75, 3.05) is 0 Å². The van der Waals surface area contributed by atoms with E-state index in [2.05, 4.69) is 9.55 Å². The van der Waals surface area contributed by atoms with E-state index in [1.165, 1.54) is 0 Å². The number of halogens is 1. The van der Waals surface area contributed by atoms with Crippen molar-refractivity contribution in [2.24, 2.45) is 5.73 Å². The first kappa shape index (κ1) is 8.26. The smallest absolute Gasteiger partial charge is 0.111 e. The molecule has 0 aliphatic carbocycles. The van der Waals surface area contributed by atoms with Crippen LogP contribution in [0.1, 0.15) is 5.82 Å². The number of rotatable bonds is 0. The van der Waals surface area contributed by atoms with E-state index in [1.807, 2.05) is 18.2 Å². The second-order valence-corrected chi connectivity index (χ2v) is 4.12. The fourth-order valence-electron chi connectivity index (χ4n) is 2.05. The summed E-state index contributed by atoms with van der Waals surface area (Å²) in [6.45, 7) is 0.853. The first-order chi connectivity index (χ1) is 6.75. The molecule has 0 bridgehead atoms. The number of fused-ring (bicyclic) bond motifs is 3. The average molecular weight is 208 g/mol. The normalized spacial score (nSPS) is 20.3. The van der Waals surface area contributed by atoms with Gasteiger partial charge >= 0.3 is 0 Å². The van der Waals surface area contributed by atoms with Crippen molar-refractivity contribution in [1.29, 1.82) is 0 Å². The molecule has 0 fully saturated rings. The van der Waals surface area contributed by atoms with Gasteiger partial charge < -0.3 is 10.3 Å². The van der Waals surface area contributed by atoms with E-state index < -0.39 is 0 Å². The van der Waals surface area contributed by atoms with Crippen molar-refractivity contribution in [1.82, 2.24) is 9.55 Å². The van der Waals surface area contributed by atoms with Crippen LogP contribution in [0.4, 0.5) is 0 Å². The number of para-hydroxylation sites is 1. The zero-order chi connectivity index (χ0) is 9.71. The van der Waals surface area contributed by atoms with Gasteiger partial charge in [0, 0.05) is 19.0 Å². The lowest BCUT2D eigenvalue weighted by molar-refractivity contribution is 0.652. The van der Waals surface area contributed by atoms with Crippen LogP contribution in [0.25, 0.3) is 11.0 Å². The highest BCUT2D eigenvalue weighted by Crippen LogP contribution is 2.27. The molecule has 1 aromatic heterocycles. The van der Waals surface area contributed by atoms with Crippen molar-refractivity contribution in [3.8, 4) is 0 Å². The monoisotopic (exact) mass is 207 g/mol. The summed E-state index contributed by atoms with van der Waals surface area (Å²) in [5, 5.41) is 0.720. The quantitative estimate of drug-likeness (QED) is 0.713. The molecule has 0 saturated heterocycles. The summed E-state index contributed by atoms with van der Waals surface area (Å²) in [4.78, 5) is 4.49. The van der Waals surface area contributed by atoms with Crippen LogP contribution in [0.5, 0.6) is 0 Å². The minimum Gasteiger partial charge on any atom is -0.326 e. The van der Waals surface area contributed by atoms with Crippen molar-refractivity contribution >= 4 is 22.6 Å². The Balaban J connectivity index is 2.33. The van der Waals surface area contributed by atoms with Gasteiger partial charge in [-0.25, -0.2) is 4.98 Å². The zero-order valence-electron chi connectivity index (χ0n) is 7.57. The summed E-state index contributed by atoms with van der Waals surface area (Å²) in [7, 11) is 0. The second-order valence-electron chi connectivity index (χ2n) is 3.71. The molecule has 1 aliphatic rings. The van der Waals surface area contributed by atoms with Gasteiger partial charge in [0.1, 0.15) is 11.3 Å². The summed E-state index contributed by atoms with van der Waals surface area (Å²) in [6, 6.07) is 6.06. The summed E-state index contributed by atoms with van der Waals surface area (Å²) < 4.78 is 2.16. The molecule has 0 saturated carbocycles. The lowest BCUT2D eigenvalue weighted by atomic mass is 10.2. The maximum absolute atomic E-state index is 6.05. The minimum absolute atomic E-state index is 0.209. The van der Waals surface area contributed by atoms with Gasteiger partial charge in [0.2, 0.25) is 0 Å². The van der Waals surface area contributed by atoms with Crippen LogP contribution < -0.4 is 5.73 Å². The predicted molar refractivity (Wildman–Crippen MR) is 56.4 cm³/mol. The summed E-state index contributed by atoms with van der Waals surface area (Å²) >= 11 is 6.05. The molecule has 3 nitrogen and oxygen atoms in total. The van der Waals surface area contributed by atoms with Crippen molar-refractivity contribution in [3.63, 3.8) is 0 Å². The van der Waals surface area contributed by atoms with Gasteiger partial charge in [0.25, 0.3) is 0 Å². The molecule has 1 atom stereocenters. The van der Waals surface area contributed by atoms with Crippen molar-refractivity contribution < 1.29 is 0 Å². The Morgan fingerprint density at radius 3 is 3.21 bits per heavy atom. The third kappa shape index (κ3) is 0.996. The Bertz CT molecular complexity index is 503. The van der Waals surface area contributed by atoms with E-state index >= 15 is 0 Å². The third-order valence-corrected chi connectivity index (χ3v) is 2.98. The molecule has 1 unspecified atom stereocenters. The zero-order valence-corrected chi connectivity index (χ0v) is 8.33. The Labute approximate surface area is 86.5 Å². The van der Waals surface area contributed by atoms with E-state index in [4.69, 9.17) is 17.3 Å². The Morgan fingerprint density at radius 2 is 2.36 bits per heavy atom. The van der Waals surface area contributed by atoms with Gasteiger partial charge in [0.15, 0.2) is 0 Å². The number of hydrogen-bond acceptors (Lipinski definition) is 2. The number of nitrogens with two attached hydrogens (primary N) is 1. The van der Waals surface area contributed by atoms with Crippen LogP contribution in [0.3, 0.4) is 0 Å². The van der Waals surface area contributed by atoms with Gasteiger partial charge in [0.05, 0.1) is 10.5 Å². The molecule has 3 rings (SSSR count). The Kier molecular flexibility index (Phi) is 1.60. The molecule has 1 aliphatic heterocycles. The van der Waals surface area contributed by atoms with Crippen LogP contribution >= 0.6 is 11.6 Å². The largest absolute Gasteiger partial charge is 0.326 e. The average Bonchev–Trinajstić information content (AvgIpc) is 2.63. The standard InChI is InChI=1S/C10H10ClN3/c11-7-2-1-3-8-10(7)13-9-4-6(12)5-14(8)9/h1-3,6H,4-5,12H2. The van der Waals surface area contributed by atoms with Crippen molar-refractivity contribution in [3.05, 3.63) is 29.0 Å². The first-order valence-electron chi connectivity index (χ1n) is 4.65. The second kappa shape index (κ2) is 2.72. The molecule has 2 N–H and O–H groups in total. The van der Waals surface area contributed by atoms with E-state index in [9.17, 15) is 0 Å². The highest BCUT2D eigenvalue weighted by Gasteiger charge is 2.22. The van der Waals surface area contributed by atoms with Crippen molar-refractivity contribution in [2.45, 2.75) is 19.0 Å². The number of aromatic nitrogens is 2. The highest BCUT2D eigenvalue weighted by atomic mass is 35.5. The predicted octanol–water partition coefficient (Wildman–Crippen LogP) is 1.57. The van der Waals surface area contributed by atoms with Crippen LogP contribution in [0, 0.1) is 0 Å². The first-order valence-corrected chi connectivity index (χ1v) is 5.03. The van der Waals surface area contributed by atoms with Gasteiger partial charge in [-0.1, -0.05) is 17.7 Å². The lowest BCUT2D eigenvalue weighted by Gasteiger charge is -2.01. The molecule has 0 spiro atoms. The van der Waals surface area contributed by atoms with Gasteiger partial charge in [-0.3, -0.25) is 0 Å². The number of hydrogen-bond donors (Lipinski definition) is 1. The Morgan fingerprint density at radius 1 is 1.50 bits per heavy atom. The number of imidazole rings is 1. The molecule has 0 amide bonds. The molecule has 72 valence electrons. The van der Waals surface area contributed by atoms with E-state index in [1.54, 1.807) is 0 Å². The topological polar surface area (TPSA) is 43.8 Å². The molecule has 14 heavy (non-hydrogen) atoms.